The number of rotatable bonds is 1. The molecule has 1 aliphatic carbocycles. The smallest absolute Gasteiger partial charge is 0.0504 e. The molecule has 0 amide bonds. The maximum atomic E-state index is 11.1. The van der Waals surface area contributed by atoms with Crippen LogP contribution in [0.5, 0.6) is 0 Å². The second-order valence-electron chi connectivity index (χ2n) is 2.55. The minimum Gasteiger partial charge on any atom is -0.255 e. The van der Waals surface area contributed by atoms with Crippen molar-refractivity contribution < 1.29 is 4.21 Å². The Kier molecular flexibility index (Phi) is 1.43. The number of fused-ring (bicyclic) bond motifs is 1. The Bertz CT molecular complexity index is 353. The first-order valence-corrected chi connectivity index (χ1v) is 4.99. The summed E-state index contributed by atoms with van der Waals surface area (Å²) in [5, 5.41) is 0. The normalized spacial score (nSPS) is 15.4. The molecular weight excluding hydrogens is 156 g/mol. The number of benzene rings is 1. The molecule has 1 atom stereocenters. The quantitative estimate of drug-likeness (QED) is 0.629. The Labute approximate surface area is 68.2 Å². The number of hydrogen-bond donors (Lipinski definition) is 0. The van der Waals surface area contributed by atoms with Crippen molar-refractivity contribution >= 4 is 23.0 Å². The summed E-state index contributed by atoms with van der Waals surface area (Å²) in [6.07, 6.45) is 5.75. The highest BCUT2D eigenvalue weighted by Crippen LogP contribution is 2.28. The minimum atomic E-state index is -0.851. The van der Waals surface area contributed by atoms with E-state index in [1.54, 1.807) is 6.26 Å². The Morgan fingerprint density at radius 3 is 2.55 bits per heavy atom. The monoisotopic (exact) mass is 164 g/mol. The van der Waals surface area contributed by atoms with Gasteiger partial charge in [-0.2, -0.15) is 0 Å². The van der Waals surface area contributed by atoms with E-state index in [1.165, 1.54) is 5.56 Å². The maximum absolute atomic E-state index is 11.1. The van der Waals surface area contributed by atoms with E-state index >= 15 is 0 Å². The molecule has 0 aliphatic heterocycles. The first-order valence-electron chi connectivity index (χ1n) is 3.43. The van der Waals surface area contributed by atoms with Crippen LogP contribution in [-0.4, -0.2) is 10.5 Å². The third-order valence-corrected chi connectivity index (χ3v) is 2.81. The van der Waals surface area contributed by atoms with E-state index in [0.29, 0.717) is 0 Å². The van der Waals surface area contributed by atoms with E-state index in [-0.39, 0.29) is 0 Å². The van der Waals surface area contributed by atoms with E-state index < -0.39 is 10.8 Å². The molecular formula is C9H8OS. The molecule has 11 heavy (non-hydrogen) atoms. The van der Waals surface area contributed by atoms with Gasteiger partial charge in [0, 0.05) is 11.2 Å². The molecule has 0 bridgehead atoms. The highest BCUT2D eigenvalue weighted by atomic mass is 32.2. The van der Waals surface area contributed by atoms with Gasteiger partial charge in [0.1, 0.15) is 0 Å². The van der Waals surface area contributed by atoms with Gasteiger partial charge in [-0.25, -0.2) is 0 Å². The molecule has 0 radical (unpaired) electrons. The van der Waals surface area contributed by atoms with Crippen LogP contribution in [0, 0.1) is 0 Å². The van der Waals surface area contributed by atoms with Crippen LogP contribution in [0.15, 0.2) is 23.1 Å². The molecule has 1 aliphatic rings. The highest BCUT2D eigenvalue weighted by Gasteiger charge is 2.11. The lowest BCUT2D eigenvalue weighted by atomic mass is 9.98. The van der Waals surface area contributed by atoms with Crippen LogP contribution in [0.1, 0.15) is 11.1 Å². The van der Waals surface area contributed by atoms with Crippen molar-refractivity contribution in [1.29, 1.82) is 0 Å². The molecule has 1 nitrogen and oxygen atoms in total. The standard InChI is InChI=1S/C9H8OS/c1-11(10)9-4-2-3-7-5-6-8(7)9/h2-6H,1H3. The molecule has 0 fully saturated rings. The summed E-state index contributed by atoms with van der Waals surface area (Å²) in [7, 11) is -0.851. The number of hydrogen-bond acceptors (Lipinski definition) is 1. The van der Waals surface area contributed by atoms with Gasteiger partial charge in [0.05, 0.1) is 10.8 Å². The van der Waals surface area contributed by atoms with E-state index in [1.807, 2.05) is 30.4 Å². The largest absolute Gasteiger partial charge is 0.255 e. The zero-order chi connectivity index (χ0) is 7.84. The SMILES string of the molecule is CS(=O)c1cccc2c1C=C2. The first kappa shape index (κ1) is 6.80. The molecule has 0 saturated carbocycles. The minimum absolute atomic E-state index is 0.851. The zero-order valence-corrected chi connectivity index (χ0v) is 7.02. The van der Waals surface area contributed by atoms with Crippen LogP contribution in [0.4, 0.5) is 0 Å². The molecule has 2 heteroatoms. The van der Waals surface area contributed by atoms with Gasteiger partial charge in [-0.05, 0) is 17.2 Å². The average molecular weight is 164 g/mol. The van der Waals surface area contributed by atoms with Crippen LogP contribution in [0.2, 0.25) is 0 Å². The van der Waals surface area contributed by atoms with Crippen molar-refractivity contribution in [2.45, 2.75) is 4.90 Å². The van der Waals surface area contributed by atoms with Crippen LogP contribution in [-0.2, 0) is 10.8 Å². The Balaban J connectivity index is 2.61. The zero-order valence-electron chi connectivity index (χ0n) is 6.20. The van der Waals surface area contributed by atoms with E-state index in [9.17, 15) is 4.21 Å². The maximum Gasteiger partial charge on any atom is 0.0504 e. The summed E-state index contributed by atoms with van der Waals surface area (Å²) in [4.78, 5) is 0.949. The van der Waals surface area contributed by atoms with Crippen molar-refractivity contribution in [3.8, 4) is 0 Å². The molecule has 0 saturated heterocycles. The summed E-state index contributed by atoms with van der Waals surface area (Å²) < 4.78 is 11.1. The molecule has 0 heterocycles. The van der Waals surface area contributed by atoms with Crippen molar-refractivity contribution in [3.63, 3.8) is 0 Å². The second kappa shape index (κ2) is 2.31. The van der Waals surface area contributed by atoms with Gasteiger partial charge in [-0.3, -0.25) is 4.21 Å². The second-order valence-corrected chi connectivity index (χ2v) is 3.89. The fourth-order valence-electron chi connectivity index (χ4n) is 1.21. The summed E-state index contributed by atoms with van der Waals surface area (Å²) in [6.45, 7) is 0. The Morgan fingerprint density at radius 1 is 1.27 bits per heavy atom. The van der Waals surface area contributed by atoms with E-state index in [4.69, 9.17) is 0 Å². The van der Waals surface area contributed by atoms with Gasteiger partial charge in [-0.15, -0.1) is 0 Å². The molecule has 0 spiro atoms. The van der Waals surface area contributed by atoms with Gasteiger partial charge in [-0.1, -0.05) is 24.3 Å². The summed E-state index contributed by atoms with van der Waals surface area (Å²) in [5.74, 6) is 0. The van der Waals surface area contributed by atoms with Gasteiger partial charge in [0.2, 0.25) is 0 Å². The summed E-state index contributed by atoms with van der Waals surface area (Å²) in [5.41, 5.74) is 2.35. The lowest BCUT2D eigenvalue weighted by Crippen LogP contribution is -1.98. The topological polar surface area (TPSA) is 17.1 Å². The molecule has 2 rings (SSSR count). The van der Waals surface area contributed by atoms with E-state index in [0.717, 1.165) is 10.5 Å². The highest BCUT2D eigenvalue weighted by molar-refractivity contribution is 7.84. The van der Waals surface area contributed by atoms with Crippen LogP contribution in [0.3, 0.4) is 0 Å². The molecule has 1 unspecified atom stereocenters. The third-order valence-electron chi connectivity index (χ3n) is 1.84. The summed E-state index contributed by atoms with van der Waals surface area (Å²) in [6, 6.07) is 5.89. The molecule has 0 N–H and O–H groups in total. The van der Waals surface area contributed by atoms with Crippen molar-refractivity contribution in [2.75, 3.05) is 6.26 Å². The predicted octanol–water partition coefficient (Wildman–Crippen LogP) is 1.91. The van der Waals surface area contributed by atoms with Gasteiger partial charge in [0.25, 0.3) is 0 Å². The predicted molar refractivity (Wildman–Crippen MR) is 47.7 cm³/mol. The Morgan fingerprint density at radius 2 is 2.09 bits per heavy atom. The van der Waals surface area contributed by atoms with Gasteiger partial charge in [0.15, 0.2) is 0 Å². The molecule has 56 valence electrons. The first-order chi connectivity index (χ1) is 5.29. The van der Waals surface area contributed by atoms with Crippen LogP contribution >= 0.6 is 0 Å². The van der Waals surface area contributed by atoms with E-state index in [2.05, 4.69) is 0 Å². The molecule has 1 aromatic rings. The molecule has 1 aromatic carbocycles. The van der Waals surface area contributed by atoms with Crippen molar-refractivity contribution in [3.05, 3.63) is 29.3 Å². The third kappa shape index (κ3) is 0.942. The van der Waals surface area contributed by atoms with Crippen molar-refractivity contribution in [2.24, 2.45) is 0 Å². The average Bonchev–Trinajstić information content (AvgIpc) is 1.90. The Hall–Kier alpha value is -0.890. The lowest BCUT2D eigenvalue weighted by Gasteiger charge is -2.12. The molecule has 0 aromatic heterocycles. The van der Waals surface area contributed by atoms with Crippen LogP contribution < -0.4 is 0 Å². The van der Waals surface area contributed by atoms with Crippen molar-refractivity contribution in [1.82, 2.24) is 0 Å². The fraction of sp³-hybridized carbons (Fsp3) is 0.111. The summed E-state index contributed by atoms with van der Waals surface area (Å²) >= 11 is 0. The van der Waals surface area contributed by atoms with Crippen LogP contribution in [0.25, 0.3) is 12.2 Å². The van der Waals surface area contributed by atoms with Gasteiger partial charge >= 0.3 is 0 Å². The fourth-order valence-corrected chi connectivity index (χ4v) is 1.98. The van der Waals surface area contributed by atoms with Gasteiger partial charge < -0.3 is 0 Å². The lowest BCUT2D eigenvalue weighted by molar-refractivity contribution is 0.686.